The lowest BCUT2D eigenvalue weighted by Gasteiger charge is -2.28. The second-order valence-corrected chi connectivity index (χ2v) is 7.27. The number of alkyl halides is 2. The van der Waals surface area contributed by atoms with Gasteiger partial charge in [0.1, 0.15) is 0 Å². The molecule has 0 radical (unpaired) electrons. The van der Waals surface area contributed by atoms with Crippen LogP contribution in [0, 0.1) is 11.6 Å². The highest BCUT2D eigenvalue weighted by atomic mass is 19.3. The maximum Gasteiger partial charge on any atom is 0.248 e. The van der Waals surface area contributed by atoms with Crippen LogP contribution in [0.4, 0.5) is 17.6 Å². The fourth-order valence-corrected chi connectivity index (χ4v) is 3.60. The van der Waals surface area contributed by atoms with Crippen molar-refractivity contribution in [3.8, 4) is 11.1 Å². The van der Waals surface area contributed by atoms with E-state index < -0.39 is 17.6 Å². The van der Waals surface area contributed by atoms with Gasteiger partial charge in [0.15, 0.2) is 11.6 Å². The predicted octanol–water partition coefficient (Wildman–Crippen LogP) is 7.74. The zero-order chi connectivity index (χ0) is 19.4. The summed E-state index contributed by atoms with van der Waals surface area (Å²) in [6, 6.07) is 10.3. The molecular weight excluding hydrogens is 352 g/mol. The lowest BCUT2D eigenvalue weighted by atomic mass is 9.82. The van der Waals surface area contributed by atoms with E-state index in [1.54, 1.807) is 30.3 Å². The molecule has 0 aliphatic heterocycles. The lowest BCUT2D eigenvalue weighted by molar-refractivity contribution is -0.0382. The minimum Gasteiger partial charge on any atom is -0.207 e. The Kier molecular flexibility index (Phi) is 6.03. The zero-order valence-corrected chi connectivity index (χ0v) is 15.5. The first-order chi connectivity index (χ1) is 12.9. The Morgan fingerprint density at radius 3 is 2.26 bits per heavy atom. The SMILES string of the molecule is CCCC=Cc1ccc(-c2ccc(C3CCC(F)(F)CC3)cc2)c(F)c1F. The molecule has 1 aliphatic rings. The number of unbranched alkanes of at least 4 members (excludes halogenated alkanes) is 1. The Hall–Kier alpha value is -2.10. The number of hydrogen-bond donors (Lipinski definition) is 0. The summed E-state index contributed by atoms with van der Waals surface area (Å²) in [6.07, 6.45) is 5.93. The molecule has 144 valence electrons. The van der Waals surface area contributed by atoms with E-state index in [2.05, 4.69) is 0 Å². The number of rotatable bonds is 5. The second-order valence-electron chi connectivity index (χ2n) is 7.27. The van der Waals surface area contributed by atoms with Gasteiger partial charge in [0.2, 0.25) is 5.92 Å². The molecule has 0 saturated heterocycles. The maximum atomic E-state index is 14.5. The average molecular weight is 376 g/mol. The standard InChI is InChI=1S/C23H24F4/c1-2-3-4-5-19-10-11-20(22(25)21(19)24)18-8-6-16(7-9-18)17-12-14-23(26,27)15-13-17/h4-11,17H,2-3,12-15H2,1H3. The molecule has 0 nitrogen and oxygen atoms in total. The number of benzene rings is 2. The van der Waals surface area contributed by atoms with Crippen LogP contribution in [0.2, 0.25) is 0 Å². The number of halogens is 4. The van der Waals surface area contributed by atoms with Crippen LogP contribution in [-0.4, -0.2) is 5.92 Å². The van der Waals surface area contributed by atoms with Gasteiger partial charge >= 0.3 is 0 Å². The molecule has 1 saturated carbocycles. The summed E-state index contributed by atoms with van der Waals surface area (Å²) in [5, 5.41) is 0. The third-order valence-corrected chi connectivity index (χ3v) is 5.28. The minimum atomic E-state index is -2.55. The number of hydrogen-bond acceptors (Lipinski definition) is 0. The minimum absolute atomic E-state index is 0.0910. The topological polar surface area (TPSA) is 0 Å². The van der Waals surface area contributed by atoms with E-state index in [0.717, 1.165) is 18.4 Å². The van der Waals surface area contributed by atoms with Crippen molar-refractivity contribution in [1.29, 1.82) is 0 Å². The summed E-state index contributed by atoms with van der Waals surface area (Å²) in [4.78, 5) is 0. The normalized spacial score (nSPS) is 17.5. The molecule has 0 amide bonds. The van der Waals surface area contributed by atoms with Gasteiger partial charge in [0, 0.05) is 24.0 Å². The van der Waals surface area contributed by atoms with Crippen LogP contribution in [0.15, 0.2) is 42.5 Å². The van der Waals surface area contributed by atoms with Crippen molar-refractivity contribution in [3.63, 3.8) is 0 Å². The third kappa shape index (κ3) is 4.60. The first-order valence-corrected chi connectivity index (χ1v) is 9.54. The Bertz CT molecular complexity index is 796. The molecule has 0 unspecified atom stereocenters. The van der Waals surface area contributed by atoms with Crippen molar-refractivity contribution in [2.75, 3.05) is 0 Å². The molecular formula is C23H24F4. The van der Waals surface area contributed by atoms with Gasteiger partial charge in [0.25, 0.3) is 0 Å². The quantitative estimate of drug-likeness (QED) is 0.468. The van der Waals surface area contributed by atoms with E-state index in [0.29, 0.717) is 18.4 Å². The van der Waals surface area contributed by atoms with Crippen LogP contribution in [-0.2, 0) is 0 Å². The Morgan fingerprint density at radius 2 is 1.63 bits per heavy atom. The van der Waals surface area contributed by atoms with Crippen LogP contribution >= 0.6 is 0 Å². The van der Waals surface area contributed by atoms with E-state index in [1.807, 2.05) is 25.1 Å². The first kappa shape index (κ1) is 19.7. The third-order valence-electron chi connectivity index (χ3n) is 5.28. The van der Waals surface area contributed by atoms with Crippen LogP contribution in [0.3, 0.4) is 0 Å². The summed E-state index contributed by atoms with van der Waals surface area (Å²) < 4.78 is 55.4. The van der Waals surface area contributed by atoms with Crippen molar-refractivity contribution < 1.29 is 17.6 Å². The maximum absolute atomic E-state index is 14.5. The van der Waals surface area contributed by atoms with E-state index in [9.17, 15) is 17.6 Å². The summed E-state index contributed by atoms with van der Waals surface area (Å²) in [6.45, 7) is 2.02. The van der Waals surface area contributed by atoms with Crippen molar-refractivity contribution in [2.45, 2.75) is 57.3 Å². The summed E-state index contributed by atoms with van der Waals surface area (Å²) in [5.41, 5.74) is 2.01. The highest BCUT2D eigenvalue weighted by Crippen LogP contribution is 2.41. The van der Waals surface area contributed by atoms with Crippen LogP contribution in [0.1, 0.15) is 62.5 Å². The Balaban J connectivity index is 1.78. The van der Waals surface area contributed by atoms with Crippen molar-refractivity contribution in [2.24, 2.45) is 0 Å². The highest BCUT2D eigenvalue weighted by molar-refractivity contribution is 5.67. The molecule has 2 aromatic rings. The molecule has 4 heteroatoms. The summed E-state index contributed by atoms with van der Waals surface area (Å²) >= 11 is 0. The van der Waals surface area contributed by atoms with Gasteiger partial charge in [-0.2, -0.15) is 0 Å². The molecule has 1 aliphatic carbocycles. The lowest BCUT2D eigenvalue weighted by Crippen LogP contribution is -2.23. The summed E-state index contributed by atoms with van der Waals surface area (Å²) in [5.74, 6) is -4.16. The molecule has 1 fully saturated rings. The molecule has 0 N–H and O–H groups in total. The predicted molar refractivity (Wildman–Crippen MR) is 102 cm³/mol. The van der Waals surface area contributed by atoms with Crippen molar-refractivity contribution >= 4 is 6.08 Å². The second kappa shape index (κ2) is 8.28. The van der Waals surface area contributed by atoms with Gasteiger partial charge in [-0.05, 0) is 36.3 Å². The summed E-state index contributed by atoms with van der Waals surface area (Å²) in [7, 11) is 0. The van der Waals surface area contributed by atoms with Gasteiger partial charge in [-0.3, -0.25) is 0 Å². The Morgan fingerprint density at radius 1 is 0.963 bits per heavy atom. The Labute approximate surface area is 157 Å². The first-order valence-electron chi connectivity index (χ1n) is 9.54. The van der Waals surface area contributed by atoms with Crippen LogP contribution < -0.4 is 0 Å². The van der Waals surface area contributed by atoms with Crippen LogP contribution in [0.25, 0.3) is 17.2 Å². The zero-order valence-electron chi connectivity index (χ0n) is 15.5. The van der Waals surface area contributed by atoms with E-state index in [1.165, 1.54) is 0 Å². The largest absolute Gasteiger partial charge is 0.248 e. The molecule has 27 heavy (non-hydrogen) atoms. The van der Waals surface area contributed by atoms with E-state index in [4.69, 9.17) is 0 Å². The average Bonchev–Trinajstić information content (AvgIpc) is 2.66. The van der Waals surface area contributed by atoms with Gasteiger partial charge < -0.3 is 0 Å². The van der Waals surface area contributed by atoms with Gasteiger partial charge in [0.05, 0.1) is 0 Å². The molecule has 0 heterocycles. The van der Waals surface area contributed by atoms with Gasteiger partial charge in [-0.15, -0.1) is 0 Å². The fourth-order valence-electron chi connectivity index (χ4n) is 3.60. The molecule has 3 rings (SSSR count). The smallest absolute Gasteiger partial charge is 0.207 e. The molecule has 2 aromatic carbocycles. The molecule has 0 spiro atoms. The van der Waals surface area contributed by atoms with Crippen molar-refractivity contribution in [3.05, 3.63) is 65.2 Å². The monoisotopic (exact) mass is 376 g/mol. The fraction of sp³-hybridized carbons (Fsp3) is 0.391. The van der Waals surface area contributed by atoms with Crippen LogP contribution in [0.5, 0.6) is 0 Å². The molecule has 0 atom stereocenters. The van der Waals surface area contributed by atoms with Gasteiger partial charge in [-0.25, -0.2) is 17.6 Å². The van der Waals surface area contributed by atoms with Gasteiger partial charge in [-0.1, -0.05) is 61.9 Å². The van der Waals surface area contributed by atoms with E-state index >= 15 is 0 Å². The van der Waals surface area contributed by atoms with Crippen molar-refractivity contribution in [1.82, 2.24) is 0 Å². The molecule has 0 bridgehead atoms. The number of allylic oxidation sites excluding steroid dienone is 1. The van der Waals surface area contributed by atoms with E-state index in [-0.39, 0.29) is 29.9 Å². The highest BCUT2D eigenvalue weighted by Gasteiger charge is 2.35. The molecule has 0 aromatic heterocycles.